The Labute approximate surface area is 106 Å². The van der Waals surface area contributed by atoms with E-state index in [1.807, 2.05) is 30.3 Å². The van der Waals surface area contributed by atoms with Gasteiger partial charge in [0.15, 0.2) is 0 Å². The minimum Gasteiger partial charge on any atom is -0.489 e. The summed E-state index contributed by atoms with van der Waals surface area (Å²) in [5, 5.41) is 1.10. The number of hydrogen-bond donors (Lipinski definition) is 0. The second-order valence-electron chi connectivity index (χ2n) is 4.40. The molecular formula is C16H14O2. The number of benzene rings is 2. The summed E-state index contributed by atoms with van der Waals surface area (Å²) in [5.74, 6) is 0.832. The zero-order valence-corrected chi connectivity index (χ0v) is 10.2. The lowest BCUT2D eigenvalue weighted by atomic mass is 10.1. The number of hydrogen-bond acceptors (Lipinski definition) is 2. The van der Waals surface area contributed by atoms with Crippen molar-refractivity contribution in [1.82, 2.24) is 0 Å². The van der Waals surface area contributed by atoms with E-state index < -0.39 is 0 Å². The zero-order chi connectivity index (χ0) is 12.4. The Morgan fingerprint density at radius 3 is 2.89 bits per heavy atom. The Morgan fingerprint density at radius 2 is 2.00 bits per heavy atom. The lowest BCUT2D eigenvalue weighted by Crippen LogP contribution is -1.95. The van der Waals surface area contributed by atoms with E-state index in [0.717, 1.165) is 16.7 Å². The number of rotatable bonds is 3. The van der Waals surface area contributed by atoms with Crippen LogP contribution in [0.2, 0.25) is 0 Å². The molecule has 90 valence electrons. The first-order valence-corrected chi connectivity index (χ1v) is 5.97. The molecule has 1 heterocycles. The van der Waals surface area contributed by atoms with Gasteiger partial charge in [0.05, 0.1) is 6.26 Å². The van der Waals surface area contributed by atoms with E-state index in [1.165, 1.54) is 11.1 Å². The van der Waals surface area contributed by atoms with Crippen molar-refractivity contribution in [2.45, 2.75) is 13.5 Å². The van der Waals surface area contributed by atoms with Crippen LogP contribution in [0, 0.1) is 6.92 Å². The Balaban J connectivity index is 1.76. The summed E-state index contributed by atoms with van der Waals surface area (Å²) in [6.45, 7) is 2.66. The summed E-state index contributed by atoms with van der Waals surface area (Å²) >= 11 is 0. The van der Waals surface area contributed by atoms with Crippen molar-refractivity contribution in [3.63, 3.8) is 0 Å². The number of fused-ring (bicyclic) bond motifs is 1. The monoisotopic (exact) mass is 238 g/mol. The first-order chi connectivity index (χ1) is 8.81. The van der Waals surface area contributed by atoms with Crippen molar-refractivity contribution in [1.29, 1.82) is 0 Å². The van der Waals surface area contributed by atoms with Crippen molar-refractivity contribution in [2.75, 3.05) is 0 Å². The van der Waals surface area contributed by atoms with Crippen LogP contribution < -0.4 is 4.74 Å². The molecule has 2 aromatic carbocycles. The van der Waals surface area contributed by atoms with E-state index >= 15 is 0 Å². The maximum Gasteiger partial charge on any atom is 0.137 e. The van der Waals surface area contributed by atoms with Gasteiger partial charge in [-0.15, -0.1) is 0 Å². The Morgan fingerprint density at radius 1 is 1.06 bits per heavy atom. The smallest absolute Gasteiger partial charge is 0.137 e. The van der Waals surface area contributed by atoms with Crippen LogP contribution in [0.25, 0.3) is 11.0 Å². The largest absolute Gasteiger partial charge is 0.489 e. The summed E-state index contributed by atoms with van der Waals surface area (Å²) in [6.07, 6.45) is 1.69. The minimum atomic E-state index is 0.577. The molecule has 18 heavy (non-hydrogen) atoms. The van der Waals surface area contributed by atoms with E-state index in [9.17, 15) is 0 Å². The van der Waals surface area contributed by atoms with Gasteiger partial charge in [0, 0.05) is 11.5 Å². The predicted octanol–water partition coefficient (Wildman–Crippen LogP) is 4.32. The standard InChI is InChI=1S/C16H14O2/c1-12-3-2-4-13(9-12)11-18-15-6-5-14-7-8-17-16(14)10-15/h2-10H,11H2,1H3. The lowest BCUT2D eigenvalue weighted by molar-refractivity contribution is 0.306. The van der Waals surface area contributed by atoms with Crippen LogP contribution in [-0.2, 0) is 6.61 Å². The van der Waals surface area contributed by atoms with Gasteiger partial charge in [-0.1, -0.05) is 29.8 Å². The molecule has 2 nitrogen and oxygen atoms in total. The van der Waals surface area contributed by atoms with Crippen molar-refractivity contribution < 1.29 is 9.15 Å². The predicted molar refractivity (Wildman–Crippen MR) is 71.7 cm³/mol. The molecule has 0 aliphatic rings. The average molecular weight is 238 g/mol. The summed E-state index contributed by atoms with van der Waals surface area (Å²) in [4.78, 5) is 0. The van der Waals surface area contributed by atoms with Gasteiger partial charge in [0.1, 0.15) is 17.9 Å². The van der Waals surface area contributed by atoms with E-state index in [4.69, 9.17) is 9.15 Å². The maximum atomic E-state index is 5.76. The molecule has 0 bridgehead atoms. The molecule has 0 saturated carbocycles. The first kappa shape index (κ1) is 10.9. The van der Waals surface area contributed by atoms with Gasteiger partial charge in [-0.3, -0.25) is 0 Å². The van der Waals surface area contributed by atoms with E-state index in [0.29, 0.717) is 6.61 Å². The Hall–Kier alpha value is -2.22. The molecule has 0 amide bonds. The van der Waals surface area contributed by atoms with Crippen LogP contribution in [0.1, 0.15) is 11.1 Å². The molecule has 3 rings (SSSR count). The Bertz CT molecular complexity index is 667. The SMILES string of the molecule is Cc1cccc(COc2ccc3ccoc3c2)c1. The van der Waals surface area contributed by atoms with Gasteiger partial charge in [-0.2, -0.15) is 0 Å². The third-order valence-electron chi connectivity index (χ3n) is 2.92. The van der Waals surface area contributed by atoms with Crippen LogP contribution in [-0.4, -0.2) is 0 Å². The van der Waals surface area contributed by atoms with Gasteiger partial charge < -0.3 is 9.15 Å². The Kier molecular flexibility index (Phi) is 2.77. The molecule has 0 unspecified atom stereocenters. The minimum absolute atomic E-state index is 0.577. The maximum absolute atomic E-state index is 5.76. The van der Waals surface area contributed by atoms with Crippen LogP contribution in [0.5, 0.6) is 5.75 Å². The van der Waals surface area contributed by atoms with E-state index in [2.05, 4.69) is 25.1 Å². The van der Waals surface area contributed by atoms with Gasteiger partial charge in [-0.25, -0.2) is 0 Å². The zero-order valence-electron chi connectivity index (χ0n) is 10.2. The molecule has 0 radical (unpaired) electrons. The van der Waals surface area contributed by atoms with Crippen molar-refractivity contribution >= 4 is 11.0 Å². The molecule has 0 atom stereocenters. The highest BCUT2D eigenvalue weighted by Crippen LogP contribution is 2.22. The van der Waals surface area contributed by atoms with Crippen LogP contribution in [0.3, 0.4) is 0 Å². The quantitative estimate of drug-likeness (QED) is 0.678. The van der Waals surface area contributed by atoms with E-state index in [1.54, 1.807) is 6.26 Å². The topological polar surface area (TPSA) is 22.4 Å². The summed E-state index contributed by atoms with van der Waals surface area (Å²) in [6, 6.07) is 16.2. The van der Waals surface area contributed by atoms with Crippen molar-refractivity contribution in [2.24, 2.45) is 0 Å². The molecule has 0 saturated heterocycles. The van der Waals surface area contributed by atoms with Crippen molar-refractivity contribution in [3.8, 4) is 5.75 Å². The van der Waals surface area contributed by atoms with Crippen molar-refractivity contribution in [3.05, 3.63) is 65.9 Å². The number of ether oxygens (including phenoxy) is 1. The molecule has 0 N–H and O–H groups in total. The average Bonchev–Trinajstić information content (AvgIpc) is 2.84. The molecule has 3 aromatic rings. The highest BCUT2D eigenvalue weighted by atomic mass is 16.5. The van der Waals surface area contributed by atoms with Gasteiger partial charge in [0.2, 0.25) is 0 Å². The molecular weight excluding hydrogens is 224 g/mol. The van der Waals surface area contributed by atoms with Crippen LogP contribution >= 0.6 is 0 Å². The lowest BCUT2D eigenvalue weighted by Gasteiger charge is -2.06. The second-order valence-corrected chi connectivity index (χ2v) is 4.40. The fraction of sp³-hybridized carbons (Fsp3) is 0.125. The fourth-order valence-electron chi connectivity index (χ4n) is 1.99. The molecule has 0 aliphatic heterocycles. The first-order valence-electron chi connectivity index (χ1n) is 5.97. The van der Waals surface area contributed by atoms with Gasteiger partial charge in [0.25, 0.3) is 0 Å². The fourth-order valence-corrected chi connectivity index (χ4v) is 1.99. The molecule has 0 aliphatic carbocycles. The van der Waals surface area contributed by atoms with Crippen LogP contribution in [0.4, 0.5) is 0 Å². The number of furan rings is 1. The molecule has 0 spiro atoms. The summed E-state index contributed by atoms with van der Waals surface area (Å²) < 4.78 is 11.1. The van der Waals surface area contributed by atoms with Crippen LogP contribution in [0.15, 0.2) is 59.2 Å². The summed E-state index contributed by atoms with van der Waals surface area (Å²) in [7, 11) is 0. The molecule has 2 heteroatoms. The summed E-state index contributed by atoms with van der Waals surface area (Å²) in [5.41, 5.74) is 3.28. The second kappa shape index (κ2) is 4.57. The third kappa shape index (κ3) is 2.23. The molecule has 1 aromatic heterocycles. The van der Waals surface area contributed by atoms with Gasteiger partial charge in [-0.05, 0) is 30.7 Å². The number of aryl methyl sites for hydroxylation is 1. The third-order valence-corrected chi connectivity index (χ3v) is 2.92. The highest BCUT2D eigenvalue weighted by Gasteiger charge is 2.00. The highest BCUT2D eigenvalue weighted by molar-refractivity contribution is 5.78. The normalized spacial score (nSPS) is 10.7. The van der Waals surface area contributed by atoms with Gasteiger partial charge >= 0.3 is 0 Å². The molecule has 0 fully saturated rings. The van der Waals surface area contributed by atoms with E-state index in [-0.39, 0.29) is 0 Å².